The third-order valence-corrected chi connectivity index (χ3v) is 4.70. The lowest BCUT2D eigenvalue weighted by atomic mass is 10.2. The number of hydrogen-bond acceptors (Lipinski definition) is 5. The van der Waals surface area contributed by atoms with Crippen molar-refractivity contribution in [3.05, 3.63) is 76.0 Å². The molecule has 0 unspecified atom stereocenters. The van der Waals surface area contributed by atoms with E-state index in [1.165, 1.54) is 0 Å². The number of aromatic nitrogens is 2. The van der Waals surface area contributed by atoms with Gasteiger partial charge in [-0.1, -0.05) is 30.3 Å². The molecule has 0 aliphatic carbocycles. The fraction of sp³-hybridized carbons (Fsp3) is 0.211. The lowest BCUT2D eigenvalue weighted by Crippen LogP contribution is -2.24. The number of rotatable bonds is 6. The van der Waals surface area contributed by atoms with E-state index in [-0.39, 0.29) is 5.91 Å². The summed E-state index contributed by atoms with van der Waals surface area (Å²) in [4.78, 5) is 23.1. The van der Waals surface area contributed by atoms with Gasteiger partial charge in [-0.2, -0.15) is 0 Å². The van der Waals surface area contributed by atoms with Gasteiger partial charge in [-0.05, 0) is 24.6 Å². The number of benzene rings is 1. The number of pyridine rings is 1. The number of aryl methyl sites for hydroxylation is 1. The van der Waals surface area contributed by atoms with Crippen molar-refractivity contribution in [1.82, 2.24) is 15.3 Å². The van der Waals surface area contributed by atoms with E-state index in [1.54, 1.807) is 23.6 Å². The Balaban J connectivity index is 1.64. The second-order valence-corrected chi connectivity index (χ2v) is 6.75. The number of hydrogen-bond donors (Lipinski definition) is 1. The first-order chi connectivity index (χ1) is 12.1. The van der Waals surface area contributed by atoms with Crippen LogP contribution in [-0.2, 0) is 13.1 Å². The monoisotopic (exact) mass is 352 g/mol. The highest BCUT2D eigenvalue weighted by Crippen LogP contribution is 2.18. The fourth-order valence-electron chi connectivity index (χ4n) is 2.42. The summed E-state index contributed by atoms with van der Waals surface area (Å²) < 4.78 is 0. The summed E-state index contributed by atoms with van der Waals surface area (Å²) in [5.41, 5.74) is 3.44. The number of amides is 1. The van der Waals surface area contributed by atoms with E-state index < -0.39 is 0 Å². The summed E-state index contributed by atoms with van der Waals surface area (Å²) in [6.45, 7) is 3.18. The lowest BCUT2D eigenvalue weighted by molar-refractivity contribution is 0.0946. The van der Waals surface area contributed by atoms with Crippen LogP contribution in [0.5, 0.6) is 0 Å². The van der Waals surface area contributed by atoms with Gasteiger partial charge in [0.25, 0.3) is 5.91 Å². The molecule has 0 spiro atoms. The van der Waals surface area contributed by atoms with Gasteiger partial charge in [0.05, 0.1) is 6.54 Å². The third-order valence-electron chi connectivity index (χ3n) is 3.75. The maximum atomic E-state index is 12.4. The molecule has 1 amide bonds. The second-order valence-electron chi connectivity index (χ2n) is 5.81. The van der Waals surface area contributed by atoms with Gasteiger partial charge in [-0.3, -0.25) is 9.78 Å². The van der Waals surface area contributed by atoms with E-state index >= 15 is 0 Å². The van der Waals surface area contributed by atoms with Crippen LogP contribution in [0, 0.1) is 6.92 Å². The van der Waals surface area contributed by atoms with E-state index in [4.69, 9.17) is 0 Å². The normalized spacial score (nSPS) is 10.5. The molecule has 2 heterocycles. The molecule has 0 radical (unpaired) electrons. The van der Waals surface area contributed by atoms with Crippen molar-refractivity contribution >= 4 is 22.9 Å². The molecule has 0 bridgehead atoms. The Kier molecular flexibility index (Phi) is 5.40. The first kappa shape index (κ1) is 17.1. The van der Waals surface area contributed by atoms with Crippen LogP contribution in [0.25, 0.3) is 0 Å². The number of thiazole rings is 1. The van der Waals surface area contributed by atoms with Gasteiger partial charge in [-0.15, -0.1) is 11.3 Å². The molecule has 1 aromatic carbocycles. The summed E-state index contributed by atoms with van der Waals surface area (Å²) >= 11 is 1.64. The molecule has 0 aliphatic rings. The SMILES string of the molecule is Cc1csc(CN(C)c2ccnc(C(=O)NCc3ccccc3)c2)n1. The Morgan fingerprint density at radius 2 is 2.04 bits per heavy atom. The Labute approximate surface area is 151 Å². The maximum absolute atomic E-state index is 12.4. The van der Waals surface area contributed by atoms with Crippen LogP contribution >= 0.6 is 11.3 Å². The predicted molar refractivity (Wildman–Crippen MR) is 101 cm³/mol. The van der Waals surface area contributed by atoms with Gasteiger partial charge in [0.2, 0.25) is 0 Å². The standard InChI is InChI=1S/C19H20N4OS/c1-14-13-25-18(22-14)12-23(2)16-8-9-20-17(10-16)19(24)21-11-15-6-4-3-5-7-15/h3-10,13H,11-12H2,1-2H3,(H,21,24). The zero-order chi connectivity index (χ0) is 17.6. The minimum absolute atomic E-state index is 0.177. The molecule has 0 saturated heterocycles. The van der Waals surface area contributed by atoms with Crippen molar-refractivity contribution < 1.29 is 4.79 Å². The average Bonchev–Trinajstić information content (AvgIpc) is 3.05. The summed E-state index contributed by atoms with van der Waals surface area (Å²) in [5, 5.41) is 5.99. The molecule has 6 heteroatoms. The molecular formula is C19H20N4OS. The van der Waals surface area contributed by atoms with Crippen molar-refractivity contribution in [2.45, 2.75) is 20.0 Å². The van der Waals surface area contributed by atoms with Gasteiger partial charge in [0.1, 0.15) is 10.7 Å². The van der Waals surface area contributed by atoms with Gasteiger partial charge in [0.15, 0.2) is 0 Å². The van der Waals surface area contributed by atoms with Gasteiger partial charge in [-0.25, -0.2) is 4.98 Å². The number of carbonyl (C=O) groups is 1. The number of carbonyl (C=O) groups excluding carboxylic acids is 1. The minimum atomic E-state index is -0.177. The van der Waals surface area contributed by atoms with Crippen LogP contribution in [0.4, 0.5) is 5.69 Å². The van der Waals surface area contributed by atoms with E-state index in [0.29, 0.717) is 18.8 Å². The topological polar surface area (TPSA) is 58.1 Å². The highest BCUT2D eigenvalue weighted by molar-refractivity contribution is 7.09. The van der Waals surface area contributed by atoms with E-state index in [2.05, 4.69) is 20.2 Å². The van der Waals surface area contributed by atoms with Gasteiger partial charge >= 0.3 is 0 Å². The summed E-state index contributed by atoms with van der Waals surface area (Å²) in [5.74, 6) is -0.177. The third kappa shape index (κ3) is 4.64. The number of nitrogens with one attached hydrogen (secondary N) is 1. The number of anilines is 1. The largest absolute Gasteiger partial charge is 0.368 e. The Morgan fingerprint density at radius 1 is 1.24 bits per heavy atom. The van der Waals surface area contributed by atoms with Crippen molar-refractivity contribution in [1.29, 1.82) is 0 Å². The van der Waals surface area contributed by atoms with Gasteiger partial charge in [0, 0.05) is 36.6 Å². The molecule has 1 N–H and O–H groups in total. The minimum Gasteiger partial charge on any atom is -0.368 e. The summed E-state index contributed by atoms with van der Waals surface area (Å²) in [6, 6.07) is 13.5. The second kappa shape index (κ2) is 7.90. The molecule has 3 rings (SSSR count). The maximum Gasteiger partial charge on any atom is 0.270 e. The zero-order valence-electron chi connectivity index (χ0n) is 14.3. The molecule has 2 aromatic heterocycles. The molecule has 0 saturated carbocycles. The Hall–Kier alpha value is -2.73. The highest BCUT2D eigenvalue weighted by Gasteiger charge is 2.11. The predicted octanol–water partition coefficient (Wildman–Crippen LogP) is 3.41. The first-order valence-electron chi connectivity index (χ1n) is 8.02. The molecule has 25 heavy (non-hydrogen) atoms. The van der Waals surface area contributed by atoms with Crippen LogP contribution in [0.1, 0.15) is 26.8 Å². The average molecular weight is 352 g/mol. The molecule has 0 atom stereocenters. The smallest absolute Gasteiger partial charge is 0.270 e. The quantitative estimate of drug-likeness (QED) is 0.738. The molecule has 0 fully saturated rings. The van der Waals surface area contributed by atoms with Crippen molar-refractivity contribution in [3.63, 3.8) is 0 Å². The van der Waals surface area contributed by atoms with E-state index in [9.17, 15) is 4.79 Å². The van der Waals surface area contributed by atoms with Crippen LogP contribution in [-0.4, -0.2) is 22.9 Å². The lowest BCUT2D eigenvalue weighted by Gasteiger charge is -2.18. The van der Waals surface area contributed by atoms with E-state index in [1.807, 2.05) is 55.7 Å². The van der Waals surface area contributed by atoms with Crippen molar-refractivity contribution in [2.75, 3.05) is 11.9 Å². The van der Waals surface area contributed by atoms with Gasteiger partial charge < -0.3 is 10.2 Å². The summed E-state index contributed by atoms with van der Waals surface area (Å²) in [7, 11) is 1.98. The fourth-order valence-corrected chi connectivity index (χ4v) is 3.24. The van der Waals surface area contributed by atoms with Crippen molar-refractivity contribution in [3.8, 4) is 0 Å². The Morgan fingerprint density at radius 3 is 2.76 bits per heavy atom. The molecule has 3 aromatic rings. The van der Waals surface area contributed by atoms with Crippen LogP contribution in [0.15, 0.2) is 54.0 Å². The highest BCUT2D eigenvalue weighted by atomic mass is 32.1. The molecule has 128 valence electrons. The van der Waals surface area contributed by atoms with Crippen LogP contribution in [0.3, 0.4) is 0 Å². The van der Waals surface area contributed by atoms with Crippen LogP contribution < -0.4 is 10.2 Å². The molecule has 5 nitrogen and oxygen atoms in total. The zero-order valence-corrected chi connectivity index (χ0v) is 15.1. The molecular weight excluding hydrogens is 332 g/mol. The number of nitrogens with zero attached hydrogens (tertiary/aromatic N) is 3. The summed E-state index contributed by atoms with van der Waals surface area (Å²) in [6.07, 6.45) is 1.66. The van der Waals surface area contributed by atoms with Crippen molar-refractivity contribution in [2.24, 2.45) is 0 Å². The first-order valence-corrected chi connectivity index (χ1v) is 8.90. The van der Waals surface area contributed by atoms with Crippen LogP contribution in [0.2, 0.25) is 0 Å². The Bertz CT molecular complexity index is 847. The van der Waals surface area contributed by atoms with E-state index in [0.717, 1.165) is 22.0 Å². The molecule has 0 aliphatic heterocycles.